The van der Waals surface area contributed by atoms with Gasteiger partial charge in [0.25, 0.3) is 5.91 Å². The minimum absolute atomic E-state index is 0.0494. The first-order valence-electron chi connectivity index (χ1n) is 7.30. The molecule has 0 radical (unpaired) electrons. The third-order valence-electron chi connectivity index (χ3n) is 3.66. The van der Waals surface area contributed by atoms with Gasteiger partial charge in [0.15, 0.2) is 0 Å². The van der Waals surface area contributed by atoms with E-state index in [4.69, 9.17) is 4.74 Å². The van der Waals surface area contributed by atoms with Crippen molar-refractivity contribution in [2.75, 3.05) is 5.32 Å². The molecule has 0 aromatic heterocycles. The highest BCUT2D eigenvalue weighted by molar-refractivity contribution is 5.97. The lowest BCUT2D eigenvalue weighted by Gasteiger charge is -2.28. The number of carbonyl (C=O) groups is 2. The van der Waals surface area contributed by atoms with Crippen molar-refractivity contribution < 1.29 is 14.3 Å². The number of ether oxygens (including phenoxy) is 1. The van der Waals surface area contributed by atoms with Crippen molar-refractivity contribution in [1.82, 2.24) is 0 Å². The zero-order chi connectivity index (χ0) is 15.4. The highest BCUT2D eigenvalue weighted by Crippen LogP contribution is 2.29. The largest absolute Gasteiger partial charge is 0.360 e. The predicted molar refractivity (Wildman–Crippen MR) is 83.4 cm³/mol. The topological polar surface area (TPSA) is 55.4 Å². The van der Waals surface area contributed by atoms with Crippen LogP contribution < -0.4 is 5.32 Å². The van der Waals surface area contributed by atoms with Gasteiger partial charge in [-0.1, -0.05) is 48.5 Å². The van der Waals surface area contributed by atoms with E-state index in [1.807, 2.05) is 48.5 Å². The first kappa shape index (κ1) is 14.5. The molecule has 0 aliphatic carbocycles. The molecular weight excluding hydrogens is 278 g/mol. The molecule has 1 fully saturated rings. The smallest absolute Gasteiger partial charge is 0.253 e. The van der Waals surface area contributed by atoms with Crippen LogP contribution >= 0.6 is 0 Å². The number of rotatable bonds is 3. The van der Waals surface area contributed by atoms with Crippen LogP contribution in [0.4, 0.5) is 5.69 Å². The van der Waals surface area contributed by atoms with Crippen LogP contribution in [0.25, 0.3) is 0 Å². The number of para-hydroxylation sites is 1. The third kappa shape index (κ3) is 3.40. The van der Waals surface area contributed by atoms with Gasteiger partial charge in [-0.15, -0.1) is 0 Å². The summed E-state index contributed by atoms with van der Waals surface area (Å²) in [4.78, 5) is 24.3. The Morgan fingerprint density at radius 2 is 1.59 bits per heavy atom. The van der Waals surface area contributed by atoms with E-state index >= 15 is 0 Å². The first-order valence-corrected chi connectivity index (χ1v) is 7.30. The van der Waals surface area contributed by atoms with Gasteiger partial charge in [-0.3, -0.25) is 9.59 Å². The van der Waals surface area contributed by atoms with Crippen LogP contribution in [0.3, 0.4) is 0 Å². The van der Waals surface area contributed by atoms with Crippen LogP contribution in [0.2, 0.25) is 0 Å². The molecule has 0 spiro atoms. The summed E-state index contributed by atoms with van der Waals surface area (Å²) in [6, 6.07) is 18.7. The molecule has 2 unspecified atom stereocenters. The van der Waals surface area contributed by atoms with E-state index in [0.29, 0.717) is 12.1 Å². The summed E-state index contributed by atoms with van der Waals surface area (Å²) in [6.45, 7) is 0. The number of hydrogen-bond acceptors (Lipinski definition) is 3. The van der Waals surface area contributed by atoms with Crippen molar-refractivity contribution in [2.45, 2.75) is 25.0 Å². The lowest BCUT2D eigenvalue weighted by atomic mass is 9.97. The molecule has 1 N–H and O–H groups in total. The highest BCUT2D eigenvalue weighted by atomic mass is 16.5. The standard InChI is InChI=1S/C18H17NO3/c20-15-11-16(13-7-3-1-4-8-13)22-17(12-15)18(21)19-14-9-5-2-6-10-14/h1-10,16-17H,11-12H2,(H,19,21). The number of anilines is 1. The second-order valence-corrected chi connectivity index (χ2v) is 5.33. The van der Waals surface area contributed by atoms with Crippen molar-refractivity contribution in [3.63, 3.8) is 0 Å². The van der Waals surface area contributed by atoms with Crippen LogP contribution in [-0.4, -0.2) is 17.8 Å². The summed E-state index contributed by atoms with van der Waals surface area (Å²) in [5.74, 6) is -0.228. The predicted octanol–water partition coefficient (Wildman–Crippen LogP) is 3.11. The van der Waals surface area contributed by atoms with Crippen molar-refractivity contribution in [1.29, 1.82) is 0 Å². The van der Waals surface area contributed by atoms with Crippen molar-refractivity contribution in [3.05, 3.63) is 66.2 Å². The van der Waals surface area contributed by atoms with Gasteiger partial charge in [-0.05, 0) is 17.7 Å². The molecule has 0 saturated carbocycles. The van der Waals surface area contributed by atoms with Crippen LogP contribution in [0.15, 0.2) is 60.7 Å². The maximum absolute atomic E-state index is 12.3. The second kappa shape index (κ2) is 6.54. The molecule has 2 aromatic rings. The summed E-state index contributed by atoms with van der Waals surface area (Å²) in [6.07, 6.45) is -0.651. The number of nitrogens with one attached hydrogen (secondary N) is 1. The SMILES string of the molecule is O=C1CC(C(=O)Nc2ccccc2)OC(c2ccccc2)C1. The fraction of sp³-hybridized carbons (Fsp3) is 0.222. The molecule has 4 heteroatoms. The average Bonchev–Trinajstić information content (AvgIpc) is 2.56. The van der Waals surface area contributed by atoms with E-state index in [9.17, 15) is 9.59 Å². The molecule has 1 aliphatic heterocycles. The van der Waals surface area contributed by atoms with E-state index in [2.05, 4.69) is 5.32 Å². The number of benzene rings is 2. The first-order chi connectivity index (χ1) is 10.7. The number of amides is 1. The lowest BCUT2D eigenvalue weighted by Crippen LogP contribution is -2.38. The van der Waals surface area contributed by atoms with Gasteiger partial charge in [0, 0.05) is 18.5 Å². The van der Waals surface area contributed by atoms with E-state index in [1.54, 1.807) is 12.1 Å². The number of hydrogen-bond donors (Lipinski definition) is 1. The molecule has 0 bridgehead atoms. The van der Waals surface area contributed by atoms with Gasteiger partial charge in [-0.2, -0.15) is 0 Å². The minimum Gasteiger partial charge on any atom is -0.360 e. The third-order valence-corrected chi connectivity index (χ3v) is 3.66. The molecule has 1 aliphatic rings. The van der Waals surface area contributed by atoms with Gasteiger partial charge in [0.2, 0.25) is 0 Å². The van der Waals surface area contributed by atoms with Gasteiger partial charge < -0.3 is 10.1 Å². The Kier molecular flexibility index (Phi) is 4.30. The average molecular weight is 295 g/mol. The molecule has 2 atom stereocenters. The zero-order valence-corrected chi connectivity index (χ0v) is 12.1. The fourth-order valence-electron chi connectivity index (χ4n) is 2.55. The number of carbonyl (C=O) groups excluding carboxylic acids is 2. The summed E-state index contributed by atoms with van der Waals surface area (Å²) in [5, 5.41) is 2.79. The quantitative estimate of drug-likeness (QED) is 0.946. The fourth-order valence-corrected chi connectivity index (χ4v) is 2.55. The molecule has 22 heavy (non-hydrogen) atoms. The Morgan fingerprint density at radius 3 is 2.27 bits per heavy atom. The summed E-state index contributed by atoms with van der Waals surface area (Å²) >= 11 is 0. The Labute approximate surface area is 129 Å². The van der Waals surface area contributed by atoms with Crippen LogP contribution in [0, 0.1) is 0 Å². The van der Waals surface area contributed by atoms with Gasteiger partial charge in [0.05, 0.1) is 6.10 Å². The van der Waals surface area contributed by atoms with Gasteiger partial charge in [0.1, 0.15) is 11.9 Å². The highest BCUT2D eigenvalue weighted by Gasteiger charge is 2.33. The van der Waals surface area contributed by atoms with E-state index in [-0.39, 0.29) is 24.2 Å². The number of ketones is 1. The maximum Gasteiger partial charge on any atom is 0.253 e. The molecular formula is C18H17NO3. The zero-order valence-electron chi connectivity index (χ0n) is 12.1. The molecule has 1 heterocycles. The summed E-state index contributed by atoms with van der Waals surface area (Å²) < 4.78 is 5.84. The summed E-state index contributed by atoms with van der Waals surface area (Å²) in [5.41, 5.74) is 1.62. The minimum atomic E-state index is -0.744. The van der Waals surface area contributed by atoms with Crippen molar-refractivity contribution >= 4 is 17.4 Å². The van der Waals surface area contributed by atoms with E-state index in [0.717, 1.165) is 5.56 Å². The van der Waals surface area contributed by atoms with Crippen LogP contribution in [0.5, 0.6) is 0 Å². The van der Waals surface area contributed by atoms with E-state index < -0.39 is 6.10 Å². The second-order valence-electron chi connectivity index (χ2n) is 5.33. The molecule has 112 valence electrons. The van der Waals surface area contributed by atoms with Crippen molar-refractivity contribution in [2.24, 2.45) is 0 Å². The molecule has 1 saturated heterocycles. The Bertz CT molecular complexity index is 655. The van der Waals surface area contributed by atoms with E-state index in [1.165, 1.54) is 0 Å². The normalized spacial score (nSPS) is 21.4. The summed E-state index contributed by atoms with van der Waals surface area (Å²) in [7, 11) is 0. The molecule has 1 amide bonds. The monoisotopic (exact) mass is 295 g/mol. The van der Waals surface area contributed by atoms with Crippen LogP contribution in [-0.2, 0) is 14.3 Å². The number of Topliss-reactive ketones (excluding diaryl/α,β-unsaturated/α-hetero) is 1. The molecule has 4 nitrogen and oxygen atoms in total. The van der Waals surface area contributed by atoms with Crippen molar-refractivity contribution in [3.8, 4) is 0 Å². The Morgan fingerprint density at radius 1 is 0.955 bits per heavy atom. The van der Waals surface area contributed by atoms with Gasteiger partial charge >= 0.3 is 0 Å². The Hall–Kier alpha value is -2.46. The van der Waals surface area contributed by atoms with Gasteiger partial charge in [-0.25, -0.2) is 0 Å². The lowest BCUT2D eigenvalue weighted by molar-refractivity contribution is -0.147. The Balaban J connectivity index is 1.71. The molecule has 2 aromatic carbocycles. The maximum atomic E-state index is 12.3. The van der Waals surface area contributed by atoms with Crippen LogP contribution in [0.1, 0.15) is 24.5 Å². The molecule has 3 rings (SSSR count).